The number of benzene rings is 1. The van der Waals surface area contributed by atoms with Crippen LogP contribution in [0.3, 0.4) is 0 Å². The molecule has 1 aromatic carbocycles. The maximum absolute atomic E-state index is 13.6. The molecule has 1 aliphatic heterocycles. The van der Waals surface area contributed by atoms with E-state index in [4.69, 9.17) is 12.2 Å². The van der Waals surface area contributed by atoms with Crippen LogP contribution in [0.15, 0.2) is 29.2 Å². The number of thiocarbonyl (C=S) groups is 1. The highest BCUT2D eigenvalue weighted by atomic mass is 32.2. The molecule has 0 aromatic heterocycles. The van der Waals surface area contributed by atoms with Crippen LogP contribution >= 0.6 is 24.0 Å². The Labute approximate surface area is 134 Å². The van der Waals surface area contributed by atoms with Crippen LogP contribution < -0.4 is 0 Å². The molecule has 1 amide bonds. The first-order valence-corrected chi connectivity index (χ1v) is 8.36. The molecule has 0 radical (unpaired) electrons. The monoisotopic (exact) mass is 323 g/mol. The van der Waals surface area contributed by atoms with Gasteiger partial charge in [0, 0.05) is 12.1 Å². The molecule has 0 saturated carbocycles. The lowest BCUT2D eigenvalue weighted by molar-refractivity contribution is -0.122. The lowest BCUT2D eigenvalue weighted by atomic mass is 10.2. The number of nitrogens with zero attached hydrogens (tertiary/aromatic N) is 1. The number of halogens is 1. The zero-order valence-electron chi connectivity index (χ0n) is 12.0. The van der Waals surface area contributed by atoms with E-state index in [0.29, 0.717) is 21.3 Å². The average Bonchev–Trinajstić information content (AvgIpc) is 2.73. The molecule has 1 saturated heterocycles. The van der Waals surface area contributed by atoms with Gasteiger partial charge >= 0.3 is 0 Å². The van der Waals surface area contributed by atoms with Crippen molar-refractivity contribution in [1.29, 1.82) is 0 Å². The molecular formula is C16H18FNOS2. The van der Waals surface area contributed by atoms with Gasteiger partial charge in [0.2, 0.25) is 0 Å². The third kappa shape index (κ3) is 4.14. The normalized spacial score (nSPS) is 17.0. The number of hydrogen-bond acceptors (Lipinski definition) is 3. The fourth-order valence-electron chi connectivity index (χ4n) is 2.12. The largest absolute Gasteiger partial charge is 0.293 e. The molecule has 0 aliphatic carbocycles. The van der Waals surface area contributed by atoms with Crippen LogP contribution in [0, 0.1) is 5.82 Å². The minimum Gasteiger partial charge on any atom is -0.293 e. The summed E-state index contributed by atoms with van der Waals surface area (Å²) >= 11 is 6.51. The Kier molecular flexibility index (Phi) is 5.94. The van der Waals surface area contributed by atoms with Crippen LogP contribution in [0.5, 0.6) is 0 Å². The maximum atomic E-state index is 13.6. The molecule has 0 atom stereocenters. The van der Waals surface area contributed by atoms with Crippen LogP contribution in [-0.4, -0.2) is 21.7 Å². The number of amides is 1. The second kappa shape index (κ2) is 7.71. The standard InChI is InChI=1S/C16H18FNOS2/c1-2-3-4-7-10-18-15(19)14(21-16(18)20)11-12-8-5-6-9-13(12)17/h5-6,8-9,11H,2-4,7,10H2,1H3/b14-11+. The molecule has 1 fully saturated rings. The van der Waals surface area contributed by atoms with Crippen molar-refractivity contribution in [2.24, 2.45) is 0 Å². The molecule has 5 heteroatoms. The van der Waals surface area contributed by atoms with E-state index in [1.54, 1.807) is 29.2 Å². The Bertz CT molecular complexity index is 571. The van der Waals surface area contributed by atoms with Crippen molar-refractivity contribution in [3.05, 3.63) is 40.6 Å². The fourth-order valence-corrected chi connectivity index (χ4v) is 3.42. The Hall–Kier alpha value is -1.20. The zero-order chi connectivity index (χ0) is 15.2. The van der Waals surface area contributed by atoms with Crippen LogP contribution in [-0.2, 0) is 4.79 Å². The van der Waals surface area contributed by atoms with E-state index in [1.165, 1.54) is 24.2 Å². The summed E-state index contributed by atoms with van der Waals surface area (Å²) in [5, 5.41) is 0. The van der Waals surface area contributed by atoms with Gasteiger partial charge in [-0.2, -0.15) is 0 Å². The number of unbranched alkanes of at least 4 members (excludes halogenated alkanes) is 3. The molecule has 21 heavy (non-hydrogen) atoms. The van der Waals surface area contributed by atoms with Crippen LogP contribution in [0.1, 0.15) is 38.2 Å². The second-order valence-corrected chi connectivity index (χ2v) is 6.59. The van der Waals surface area contributed by atoms with Gasteiger partial charge in [-0.25, -0.2) is 4.39 Å². The first-order valence-electron chi connectivity index (χ1n) is 7.13. The minimum absolute atomic E-state index is 0.107. The van der Waals surface area contributed by atoms with Crippen molar-refractivity contribution in [2.75, 3.05) is 6.54 Å². The van der Waals surface area contributed by atoms with E-state index in [9.17, 15) is 9.18 Å². The average molecular weight is 323 g/mol. The molecule has 0 bridgehead atoms. The van der Waals surface area contributed by atoms with Crippen molar-refractivity contribution < 1.29 is 9.18 Å². The van der Waals surface area contributed by atoms with Gasteiger partial charge in [-0.05, 0) is 18.6 Å². The van der Waals surface area contributed by atoms with Gasteiger partial charge in [-0.3, -0.25) is 9.69 Å². The van der Waals surface area contributed by atoms with Gasteiger partial charge in [0.15, 0.2) is 0 Å². The highest BCUT2D eigenvalue weighted by Crippen LogP contribution is 2.33. The summed E-state index contributed by atoms with van der Waals surface area (Å²) in [6.07, 6.45) is 5.96. The van der Waals surface area contributed by atoms with Gasteiger partial charge in [-0.15, -0.1) is 0 Å². The second-order valence-electron chi connectivity index (χ2n) is 4.92. The summed E-state index contributed by atoms with van der Waals surface area (Å²) in [7, 11) is 0. The first kappa shape index (κ1) is 16.2. The molecule has 1 heterocycles. The van der Waals surface area contributed by atoms with E-state index in [0.717, 1.165) is 19.3 Å². The Balaban J connectivity index is 2.06. The smallest absolute Gasteiger partial charge is 0.266 e. The lowest BCUT2D eigenvalue weighted by Crippen LogP contribution is -2.29. The van der Waals surface area contributed by atoms with Gasteiger partial charge in [-0.1, -0.05) is 68.4 Å². The number of carbonyl (C=O) groups excluding carboxylic acids is 1. The summed E-state index contributed by atoms with van der Waals surface area (Å²) in [4.78, 5) is 14.5. The number of thioether (sulfide) groups is 1. The van der Waals surface area contributed by atoms with Gasteiger partial charge < -0.3 is 0 Å². The van der Waals surface area contributed by atoms with E-state index in [-0.39, 0.29) is 11.7 Å². The van der Waals surface area contributed by atoms with Crippen molar-refractivity contribution in [3.63, 3.8) is 0 Å². The van der Waals surface area contributed by atoms with E-state index in [2.05, 4.69) is 6.92 Å². The number of hydrogen-bond donors (Lipinski definition) is 0. The first-order chi connectivity index (χ1) is 10.1. The summed E-state index contributed by atoms with van der Waals surface area (Å²) in [5.74, 6) is -0.435. The quantitative estimate of drug-likeness (QED) is 0.433. The van der Waals surface area contributed by atoms with E-state index < -0.39 is 0 Å². The summed E-state index contributed by atoms with van der Waals surface area (Å²) in [6.45, 7) is 2.80. The van der Waals surface area contributed by atoms with Gasteiger partial charge in [0.1, 0.15) is 10.1 Å². The summed E-state index contributed by atoms with van der Waals surface area (Å²) < 4.78 is 14.2. The highest BCUT2D eigenvalue weighted by molar-refractivity contribution is 8.26. The molecule has 0 unspecified atom stereocenters. The molecular weight excluding hydrogens is 305 g/mol. The Morgan fingerprint density at radius 2 is 2.05 bits per heavy atom. The van der Waals surface area contributed by atoms with Gasteiger partial charge in [0.05, 0.1) is 4.91 Å². The third-order valence-electron chi connectivity index (χ3n) is 3.30. The maximum Gasteiger partial charge on any atom is 0.266 e. The van der Waals surface area contributed by atoms with Gasteiger partial charge in [0.25, 0.3) is 5.91 Å². The molecule has 112 valence electrons. The molecule has 0 N–H and O–H groups in total. The van der Waals surface area contributed by atoms with Crippen molar-refractivity contribution >= 4 is 40.3 Å². The zero-order valence-corrected chi connectivity index (χ0v) is 13.6. The minimum atomic E-state index is -0.328. The number of carbonyl (C=O) groups is 1. The van der Waals surface area contributed by atoms with Crippen molar-refractivity contribution in [1.82, 2.24) is 4.90 Å². The SMILES string of the molecule is CCCCCCN1C(=O)/C(=C\c2ccccc2F)SC1=S. The fraction of sp³-hybridized carbons (Fsp3) is 0.375. The predicted octanol–water partition coefficient (Wildman–Crippen LogP) is 4.61. The molecule has 1 aliphatic rings. The lowest BCUT2D eigenvalue weighted by Gasteiger charge is -2.13. The summed E-state index contributed by atoms with van der Waals surface area (Å²) in [5.41, 5.74) is 0.420. The predicted molar refractivity (Wildman–Crippen MR) is 90.4 cm³/mol. The van der Waals surface area contributed by atoms with Crippen LogP contribution in [0.25, 0.3) is 6.08 Å². The Morgan fingerprint density at radius 3 is 2.76 bits per heavy atom. The Morgan fingerprint density at radius 1 is 1.29 bits per heavy atom. The summed E-state index contributed by atoms with van der Waals surface area (Å²) in [6, 6.07) is 6.42. The van der Waals surface area contributed by atoms with Crippen molar-refractivity contribution in [3.8, 4) is 0 Å². The van der Waals surface area contributed by atoms with Crippen LogP contribution in [0.4, 0.5) is 4.39 Å². The molecule has 2 rings (SSSR count). The number of rotatable bonds is 6. The van der Waals surface area contributed by atoms with Crippen LogP contribution in [0.2, 0.25) is 0 Å². The topological polar surface area (TPSA) is 20.3 Å². The molecule has 2 nitrogen and oxygen atoms in total. The highest BCUT2D eigenvalue weighted by Gasteiger charge is 2.31. The third-order valence-corrected chi connectivity index (χ3v) is 4.68. The van der Waals surface area contributed by atoms with Crippen molar-refractivity contribution in [2.45, 2.75) is 32.6 Å². The molecule has 0 spiro atoms. The van der Waals surface area contributed by atoms with E-state index in [1.807, 2.05) is 0 Å². The molecule has 1 aromatic rings. The van der Waals surface area contributed by atoms with E-state index >= 15 is 0 Å².